The average Bonchev–Trinajstić information content (AvgIpc) is 3.02. The summed E-state index contributed by atoms with van der Waals surface area (Å²) in [5.74, 6) is 0.454. The fourth-order valence-electron chi connectivity index (χ4n) is 2.97. The highest BCUT2D eigenvalue weighted by atomic mass is 32.1. The highest BCUT2D eigenvalue weighted by molar-refractivity contribution is 7.15. The van der Waals surface area contributed by atoms with Crippen molar-refractivity contribution in [1.82, 2.24) is 9.88 Å². The number of hydrogen-bond acceptors (Lipinski definition) is 5. The molecule has 0 aliphatic heterocycles. The van der Waals surface area contributed by atoms with Gasteiger partial charge in [-0.15, -0.1) is 11.3 Å². The summed E-state index contributed by atoms with van der Waals surface area (Å²) < 4.78 is 0. The van der Waals surface area contributed by atoms with E-state index in [1.165, 1.54) is 17.7 Å². The predicted octanol–water partition coefficient (Wildman–Crippen LogP) is 2.58. The fourth-order valence-corrected chi connectivity index (χ4v) is 4.09. The number of rotatable bonds is 7. The van der Waals surface area contributed by atoms with Crippen LogP contribution in [0, 0.1) is 5.92 Å². The molecule has 0 radical (unpaired) electrons. The number of aliphatic hydroxyl groups excluding tert-OH is 1. The molecular weight excluding hydrogens is 270 g/mol. The van der Waals surface area contributed by atoms with Crippen LogP contribution < -0.4 is 4.90 Å². The summed E-state index contributed by atoms with van der Waals surface area (Å²) in [5, 5.41) is 11.0. The van der Waals surface area contributed by atoms with Gasteiger partial charge in [0.15, 0.2) is 5.13 Å². The second-order valence-electron chi connectivity index (χ2n) is 5.74. The summed E-state index contributed by atoms with van der Waals surface area (Å²) in [4.78, 5) is 10.4. The summed E-state index contributed by atoms with van der Waals surface area (Å²) in [6, 6.07) is 0. The molecular formula is C15H27N3OS. The highest BCUT2D eigenvalue weighted by Crippen LogP contribution is 2.27. The zero-order valence-electron chi connectivity index (χ0n) is 12.9. The van der Waals surface area contributed by atoms with Crippen molar-refractivity contribution < 1.29 is 5.11 Å². The van der Waals surface area contributed by atoms with Crippen LogP contribution in [0.1, 0.15) is 38.0 Å². The maximum Gasteiger partial charge on any atom is 0.185 e. The number of thiazole rings is 1. The maximum atomic E-state index is 9.90. The Bertz CT molecular complexity index is 406. The molecule has 20 heavy (non-hydrogen) atoms. The Balaban J connectivity index is 1.86. The van der Waals surface area contributed by atoms with Crippen LogP contribution in [0.3, 0.4) is 0 Å². The van der Waals surface area contributed by atoms with Crippen LogP contribution in [-0.2, 0) is 6.54 Å². The van der Waals surface area contributed by atoms with Gasteiger partial charge in [-0.05, 0) is 39.7 Å². The van der Waals surface area contributed by atoms with Crippen molar-refractivity contribution in [1.29, 1.82) is 0 Å². The van der Waals surface area contributed by atoms with Crippen molar-refractivity contribution >= 4 is 16.5 Å². The molecule has 4 nitrogen and oxygen atoms in total. The van der Waals surface area contributed by atoms with Gasteiger partial charge in [0.05, 0.1) is 6.10 Å². The molecule has 1 heterocycles. The second kappa shape index (κ2) is 7.38. The van der Waals surface area contributed by atoms with E-state index in [0.717, 1.165) is 37.7 Å². The van der Waals surface area contributed by atoms with Gasteiger partial charge in [-0.3, -0.25) is 0 Å². The summed E-state index contributed by atoms with van der Waals surface area (Å²) in [6.45, 7) is 8.26. The van der Waals surface area contributed by atoms with Crippen molar-refractivity contribution in [2.24, 2.45) is 5.92 Å². The molecule has 2 rings (SSSR count). The minimum atomic E-state index is -0.0925. The van der Waals surface area contributed by atoms with E-state index >= 15 is 0 Å². The van der Waals surface area contributed by atoms with Gasteiger partial charge in [-0.25, -0.2) is 4.98 Å². The summed E-state index contributed by atoms with van der Waals surface area (Å²) in [5.41, 5.74) is 0. The number of aromatic nitrogens is 1. The molecule has 2 atom stereocenters. The molecule has 5 heteroatoms. The summed E-state index contributed by atoms with van der Waals surface area (Å²) in [6.07, 6.45) is 5.22. The molecule has 0 spiro atoms. The standard InChI is InChI=1S/C15H27N3OS/c1-4-18(5-2)15-16-9-13(20-15)11-17(3)10-12-7-6-8-14(12)19/h9,12,14,19H,4-8,10-11H2,1-3H3. The van der Waals surface area contributed by atoms with E-state index in [0.29, 0.717) is 5.92 Å². The van der Waals surface area contributed by atoms with Gasteiger partial charge in [0.1, 0.15) is 0 Å². The molecule has 1 aliphatic rings. The number of nitrogens with zero attached hydrogens (tertiary/aromatic N) is 3. The SMILES string of the molecule is CCN(CC)c1ncc(CN(C)CC2CCCC2O)s1. The van der Waals surface area contributed by atoms with E-state index in [4.69, 9.17) is 0 Å². The Morgan fingerprint density at radius 2 is 2.10 bits per heavy atom. The first-order chi connectivity index (χ1) is 9.63. The molecule has 1 N–H and O–H groups in total. The predicted molar refractivity (Wildman–Crippen MR) is 85.4 cm³/mol. The van der Waals surface area contributed by atoms with Gasteiger partial charge in [0.2, 0.25) is 0 Å². The third-order valence-corrected chi connectivity index (χ3v) is 5.21. The topological polar surface area (TPSA) is 39.6 Å². The molecule has 2 unspecified atom stereocenters. The van der Waals surface area contributed by atoms with Gasteiger partial charge < -0.3 is 14.9 Å². The van der Waals surface area contributed by atoms with Crippen LogP contribution in [0.2, 0.25) is 0 Å². The zero-order chi connectivity index (χ0) is 14.5. The number of anilines is 1. The number of aliphatic hydroxyl groups is 1. The van der Waals surface area contributed by atoms with Crippen LogP contribution in [0.15, 0.2) is 6.20 Å². The molecule has 1 aromatic heterocycles. The van der Waals surface area contributed by atoms with Crippen LogP contribution in [0.4, 0.5) is 5.13 Å². The van der Waals surface area contributed by atoms with Gasteiger partial charge in [-0.1, -0.05) is 6.42 Å². The molecule has 0 bridgehead atoms. The molecule has 0 aromatic carbocycles. The molecule has 1 aromatic rings. The molecule has 0 saturated heterocycles. The van der Waals surface area contributed by atoms with Crippen LogP contribution in [0.25, 0.3) is 0 Å². The number of hydrogen-bond donors (Lipinski definition) is 1. The fraction of sp³-hybridized carbons (Fsp3) is 0.800. The van der Waals surface area contributed by atoms with E-state index in [2.05, 4.69) is 35.7 Å². The Morgan fingerprint density at radius 3 is 2.70 bits per heavy atom. The van der Waals surface area contributed by atoms with Crippen molar-refractivity contribution in [3.8, 4) is 0 Å². The first kappa shape index (κ1) is 15.7. The third-order valence-electron chi connectivity index (χ3n) is 4.17. The lowest BCUT2D eigenvalue weighted by Crippen LogP contribution is -2.29. The summed E-state index contributed by atoms with van der Waals surface area (Å²) in [7, 11) is 2.14. The molecule has 1 fully saturated rings. The van der Waals surface area contributed by atoms with E-state index in [-0.39, 0.29) is 6.10 Å². The van der Waals surface area contributed by atoms with E-state index in [1.807, 2.05) is 6.20 Å². The monoisotopic (exact) mass is 297 g/mol. The van der Waals surface area contributed by atoms with Gasteiger partial charge in [0.25, 0.3) is 0 Å². The van der Waals surface area contributed by atoms with Crippen molar-refractivity contribution in [2.75, 3.05) is 31.6 Å². The average molecular weight is 297 g/mol. The molecule has 1 aliphatic carbocycles. The van der Waals surface area contributed by atoms with Gasteiger partial charge >= 0.3 is 0 Å². The maximum absolute atomic E-state index is 9.90. The third kappa shape index (κ3) is 3.93. The normalized spacial score (nSPS) is 22.6. The summed E-state index contributed by atoms with van der Waals surface area (Å²) >= 11 is 1.79. The lowest BCUT2D eigenvalue weighted by molar-refractivity contribution is 0.108. The van der Waals surface area contributed by atoms with Gasteiger partial charge in [-0.2, -0.15) is 0 Å². The minimum absolute atomic E-state index is 0.0925. The van der Waals surface area contributed by atoms with Gasteiger partial charge in [0, 0.05) is 37.3 Å². The van der Waals surface area contributed by atoms with E-state index in [9.17, 15) is 5.11 Å². The highest BCUT2D eigenvalue weighted by Gasteiger charge is 2.26. The van der Waals surface area contributed by atoms with Crippen molar-refractivity contribution in [3.05, 3.63) is 11.1 Å². The Labute approximate surface area is 126 Å². The van der Waals surface area contributed by atoms with Crippen LogP contribution in [-0.4, -0.2) is 47.8 Å². The lowest BCUT2D eigenvalue weighted by Gasteiger charge is -2.22. The van der Waals surface area contributed by atoms with Crippen molar-refractivity contribution in [2.45, 2.75) is 45.8 Å². The first-order valence-corrected chi connectivity index (χ1v) is 8.52. The first-order valence-electron chi connectivity index (χ1n) is 7.70. The van der Waals surface area contributed by atoms with Crippen LogP contribution in [0.5, 0.6) is 0 Å². The molecule has 0 amide bonds. The molecule has 114 valence electrons. The smallest absolute Gasteiger partial charge is 0.185 e. The Morgan fingerprint density at radius 1 is 1.35 bits per heavy atom. The minimum Gasteiger partial charge on any atom is -0.393 e. The quantitative estimate of drug-likeness (QED) is 0.840. The molecule has 1 saturated carbocycles. The van der Waals surface area contributed by atoms with Crippen LogP contribution >= 0.6 is 11.3 Å². The largest absolute Gasteiger partial charge is 0.393 e. The zero-order valence-corrected chi connectivity index (χ0v) is 13.7. The van der Waals surface area contributed by atoms with E-state index in [1.54, 1.807) is 11.3 Å². The lowest BCUT2D eigenvalue weighted by atomic mass is 10.1. The Kier molecular flexibility index (Phi) is 5.81. The Hall–Kier alpha value is -0.650. The van der Waals surface area contributed by atoms with Crippen molar-refractivity contribution in [3.63, 3.8) is 0 Å². The van der Waals surface area contributed by atoms with E-state index < -0.39 is 0 Å². The second-order valence-corrected chi connectivity index (χ2v) is 6.83.